The molecule has 1 saturated heterocycles. The van der Waals surface area contributed by atoms with E-state index in [0.717, 1.165) is 55.3 Å². The van der Waals surface area contributed by atoms with Crippen molar-refractivity contribution >= 4 is 23.2 Å². The molecule has 1 unspecified atom stereocenters. The van der Waals surface area contributed by atoms with Gasteiger partial charge in [0.2, 0.25) is 6.79 Å². The van der Waals surface area contributed by atoms with Gasteiger partial charge in [-0.15, -0.1) is 0 Å². The number of aliphatic hydroxyl groups excluding tert-OH is 1. The van der Waals surface area contributed by atoms with Gasteiger partial charge in [-0.25, -0.2) is 0 Å². The first-order chi connectivity index (χ1) is 17.5. The van der Waals surface area contributed by atoms with Crippen LogP contribution in [0.3, 0.4) is 0 Å². The molecule has 0 amide bonds. The smallest absolute Gasteiger partial charge is 0.231 e. The molecule has 2 aliphatic heterocycles. The summed E-state index contributed by atoms with van der Waals surface area (Å²) in [5.74, 6) is 1.64. The molecular formula is C28H30Cl3N2O4-. The molecule has 5 rings (SSSR count). The minimum absolute atomic E-state index is 0. The molecule has 1 atom stereocenters. The Bertz CT molecular complexity index is 1090. The fourth-order valence-corrected chi connectivity index (χ4v) is 4.90. The number of nitrogens with zero attached hydrogens (tertiary/aromatic N) is 2. The van der Waals surface area contributed by atoms with Gasteiger partial charge in [-0.1, -0.05) is 53.5 Å². The molecule has 0 bridgehead atoms. The average Bonchev–Trinajstić information content (AvgIpc) is 3.35. The van der Waals surface area contributed by atoms with Crippen molar-refractivity contribution in [3.05, 3.63) is 93.5 Å². The maximum absolute atomic E-state index is 10.8. The van der Waals surface area contributed by atoms with Gasteiger partial charge in [0.05, 0.1) is 12.7 Å². The first-order valence-electron chi connectivity index (χ1n) is 12.2. The van der Waals surface area contributed by atoms with Gasteiger partial charge in [0.15, 0.2) is 11.5 Å². The zero-order chi connectivity index (χ0) is 24.9. The average molecular weight is 565 g/mol. The van der Waals surface area contributed by atoms with E-state index in [4.69, 9.17) is 37.4 Å². The number of halogens is 3. The second-order valence-corrected chi connectivity index (χ2v) is 10.1. The lowest BCUT2D eigenvalue weighted by Gasteiger charge is -2.35. The van der Waals surface area contributed by atoms with Crippen LogP contribution in [-0.2, 0) is 11.3 Å². The minimum Gasteiger partial charge on any atom is -1.00 e. The molecule has 0 aliphatic carbocycles. The molecule has 9 heteroatoms. The van der Waals surface area contributed by atoms with E-state index in [1.807, 2.05) is 54.6 Å². The SMILES string of the molecule is OC(COC(c1ccc(Cl)cc1)c1ccc(Cl)cc1)CN1CCN(Cc2ccc3c(c2)OCO3)CC1.[Cl-]. The number of β-amino-alcohol motifs (C(OH)–C–C–N with tert-alkyl or cyclic N) is 1. The Labute approximate surface area is 234 Å². The molecule has 198 valence electrons. The van der Waals surface area contributed by atoms with Crippen LogP contribution in [0, 0.1) is 0 Å². The van der Waals surface area contributed by atoms with Crippen LogP contribution in [0.25, 0.3) is 0 Å². The van der Waals surface area contributed by atoms with Crippen molar-refractivity contribution < 1.29 is 31.7 Å². The molecule has 2 aliphatic rings. The Morgan fingerprint density at radius 3 is 1.97 bits per heavy atom. The van der Waals surface area contributed by atoms with Gasteiger partial charge in [0.1, 0.15) is 6.10 Å². The fraction of sp³-hybridized carbons (Fsp3) is 0.357. The number of hydrogen-bond acceptors (Lipinski definition) is 6. The van der Waals surface area contributed by atoms with Crippen molar-refractivity contribution in [3.63, 3.8) is 0 Å². The van der Waals surface area contributed by atoms with Crippen LogP contribution < -0.4 is 21.9 Å². The number of ether oxygens (including phenoxy) is 3. The van der Waals surface area contributed by atoms with Crippen molar-refractivity contribution in [2.24, 2.45) is 0 Å². The van der Waals surface area contributed by atoms with Crippen LogP contribution >= 0.6 is 23.2 Å². The monoisotopic (exact) mass is 563 g/mol. The predicted molar refractivity (Wildman–Crippen MR) is 141 cm³/mol. The van der Waals surface area contributed by atoms with Crippen molar-refractivity contribution in [1.82, 2.24) is 9.80 Å². The second-order valence-electron chi connectivity index (χ2n) is 9.23. The van der Waals surface area contributed by atoms with Crippen LogP contribution in [0.4, 0.5) is 0 Å². The number of piperazine rings is 1. The van der Waals surface area contributed by atoms with Gasteiger partial charge < -0.3 is 31.7 Å². The minimum atomic E-state index is -0.590. The normalized spacial score (nSPS) is 16.5. The Balaban J connectivity index is 0.00000320. The highest BCUT2D eigenvalue weighted by Crippen LogP contribution is 2.33. The molecule has 3 aromatic carbocycles. The molecule has 1 N–H and O–H groups in total. The Hall–Kier alpha value is -2.03. The molecular weight excluding hydrogens is 535 g/mol. The van der Waals surface area contributed by atoms with Crippen molar-refractivity contribution in [2.45, 2.75) is 18.8 Å². The lowest BCUT2D eigenvalue weighted by molar-refractivity contribution is -0.0148. The molecule has 6 nitrogen and oxygen atoms in total. The first-order valence-corrected chi connectivity index (χ1v) is 12.9. The summed E-state index contributed by atoms with van der Waals surface area (Å²) in [6.45, 7) is 5.67. The van der Waals surface area contributed by atoms with Gasteiger partial charge in [-0.3, -0.25) is 9.80 Å². The number of fused-ring (bicyclic) bond motifs is 1. The maximum Gasteiger partial charge on any atom is 0.231 e. The van der Waals surface area contributed by atoms with Crippen LogP contribution in [0.2, 0.25) is 10.0 Å². The lowest BCUT2D eigenvalue weighted by Crippen LogP contribution is -3.00. The maximum atomic E-state index is 10.8. The van der Waals surface area contributed by atoms with Gasteiger partial charge >= 0.3 is 0 Å². The zero-order valence-electron chi connectivity index (χ0n) is 20.4. The van der Waals surface area contributed by atoms with Gasteiger partial charge in [-0.2, -0.15) is 0 Å². The van der Waals surface area contributed by atoms with Crippen LogP contribution in [0.15, 0.2) is 66.7 Å². The molecule has 0 saturated carbocycles. The molecule has 0 spiro atoms. The number of benzene rings is 3. The number of hydrogen-bond donors (Lipinski definition) is 1. The van der Waals surface area contributed by atoms with E-state index in [1.165, 1.54) is 5.56 Å². The first kappa shape index (κ1) is 28.0. The molecule has 37 heavy (non-hydrogen) atoms. The standard InChI is InChI=1S/C28H30Cl2N2O4.ClH/c29-23-6-2-21(3-7-23)28(22-4-8-24(30)9-5-22)34-18-25(33)17-32-13-11-31(12-14-32)16-20-1-10-26-27(15-20)36-19-35-26;/h1-10,15,25,28,33H,11-14,16-19H2;1H/p-1. The summed E-state index contributed by atoms with van der Waals surface area (Å²) in [5.41, 5.74) is 3.17. The quantitative estimate of drug-likeness (QED) is 0.429. The summed E-state index contributed by atoms with van der Waals surface area (Å²) in [4.78, 5) is 4.72. The summed E-state index contributed by atoms with van der Waals surface area (Å²) < 4.78 is 17.1. The summed E-state index contributed by atoms with van der Waals surface area (Å²) in [5, 5.41) is 12.1. The third kappa shape index (κ3) is 7.52. The van der Waals surface area contributed by atoms with Crippen LogP contribution in [0.1, 0.15) is 22.8 Å². The predicted octanol–water partition coefficient (Wildman–Crippen LogP) is 2.01. The summed E-state index contributed by atoms with van der Waals surface area (Å²) in [6, 6.07) is 21.3. The van der Waals surface area contributed by atoms with Gasteiger partial charge in [0, 0.05) is 49.3 Å². The van der Waals surface area contributed by atoms with E-state index in [0.29, 0.717) is 23.4 Å². The molecule has 2 heterocycles. The Morgan fingerprint density at radius 2 is 1.35 bits per heavy atom. The molecule has 0 radical (unpaired) electrons. The second kappa shape index (κ2) is 13.2. The summed E-state index contributed by atoms with van der Waals surface area (Å²) >= 11 is 12.2. The number of rotatable bonds is 9. The largest absolute Gasteiger partial charge is 1.00 e. The van der Waals surface area contributed by atoms with Crippen LogP contribution in [-0.4, -0.2) is 67.1 Å². The van der Waals surface area contributed by atoms with Crippen molar-refractivity contribution in [3.8, 4) is 11.5 Å². The summed E-state index contributed by atoms with van der Waals surface area (Å²) in [7, 11) is 0. The Morgan fingerprint density at radius 1 is 0.784 bits per heavy atom. The van der Waals surface area contributed by atoms with E-state index in [1.54, 1.807) is 0 Å². The van der Waals surface area contributed by atoms with Crippen molar-refractivity contribution in [1.29, 1.82) is 0 Å². The molecule has 1 fully saturated rings. The third-order valence-corrected chi connectivity index (χ3v) is 7.08. The third-order valence-electron chi connectivity index (χ3n) is 6.58. The van der Waals surface area contributed by atoms with Gasteiger partial charge in [-0.05, 0) is 53.1 Å². The molecule has 0 aromatic heterocycles. The van der Waals surface area contributed by atoms with Crippen LogP contribution in [0.5, 0.6) is 11.5 Å². The van der Waals surface area contributed by atoms with E-state index in [-0.39, 0.29) is 25.1 Å². The highest BCUT2D eigenvalue weighted by molar-refractivity contribution is 6.30. The van der Waals surface area contributed by atoms with E-state index in [9.17, 15) is 5.11 Å². The van der Waals surface area contributed by atoms with Gasteiger partial charge in [0.25, 0.3) is 0 Å². The summed E-state index contributed by atoms with van der Waals surface area (Å²) in [6.07, 6.45) is -0.903. The highest BCUT2D eigenvalue weighted by Gasteiger charge is 2.22. The topological polar surface area (TPSA) is 54.4 Å². The van der Waals surface area contributed by atoms with E-state index < -0.39 is 6.10 Å². The van der Waals surface area contributed by atoms with Crippen molar-refractivity contribution in [2.75, 3.05) is 46.1 Å². The Kier molecular flexibility index (Phi) is 9.96. The highest BCUT2D eigenvalue weighted by atomic mass is 35.5. The zero-order valence-corrected chi connectivity index (χ0v) is 22.6. The fourth-order valence-electron chi connectivity index (χ4n) is 4.65. The molecule has 3 aromatic rings. The lowest BCUT2D eigenvalue weighted by atomic mass is 10.0. The number of aliphatic hydroxyl groups is 1. The van der Waals surface area contributed by atoms with E-state index >= 15 is 0 Å². The van der Waals surface area contributed by atoms with E-state index in [2.05, 4.69) is 21.9 Å².